The van der Waals surface area contributed by atoms with Gasteiger partial charge in [0.1, 0.15) is 0 Å². The molecule has 0 aliphatic carbocycles. The van der Waals surface area contributed by atoms with E-state index in [0.717, 1.165) is 12.8 Å². The summed E-state index contributed by atoms with van der Waals surface area (Å²) in [7, 11) is 0. The maximum Gasteiger partial charge on any atom is 0.155 e. The maximum absolute atomic E-state index is 11.2. The molecule has 0 spiro atoms. The number of allylic oxidation sites excluding steroid dienone is 6. The molecule has 0 rings (SSSR count). The van der Waals surface area contributed by atoms with E-state index in [1.54, 1.807) is 12.2 Å². The van der Waals surface area contributed by atoms with Crippen LogP contribution in [0.5, 0.6) is 0 Å². The topological polar surface area (TPSA) is 43.1 Å². The van der Waals surface area contributed by atoms with Crippen molar-refractivity contribution in [3.63, 3.8) is 0 Å². The van der Waals surface area contributed by atoms with E-state index in [9.17, 15) is 4.79 Å². The largest absolute Gasteiger partial charge is 0.330 e. The minimum atomic E-state index is 0.170. The summed E-state index contributed by atoms with van der Waals surface area (Å²) in [5, 5.41) is 0. The molecule has 0 aromatic carbocycles. The highest BCUT2D eigenvalue weighted by Crippen LogP contribution is 1.96. The lowest BCUT2D eigenvalue weighted by atomic mass is 10.1. The Morgan fingerprint density at radius 3 is 2.50 bits per heavy atom. The van der Waals surface area contributed by atoms with Gasteiger partial charge in [0.05, 0.1) is 0 Å². The standard InChI is InChI=1S/C12H19NO/c1-2-3-4-5-6-9-12(14)10-7-8-11-13/h2-6,9H,7-8,10-11,13H2,1H3/b3-2+,5-4+,9-6+. The zero-order valence-electron chi connectivity index (χ0n) is 8.78. The van der Waals surface area contributed by atoms with Crippen molar-refractivity contribution in [3.8, 4) is 0 Å². The van der Waals surface area contributed by atoms with Gasteiger partial charge < -0.3 is 5.73 Å². The molecule has 0 amide bonds. The van der Waals surface area contributed by atoms with Crippen molar-refractivity contribution in [2.75, 3.05) is 6.54 Å². The minimum Gasteiger partial charge on any atom is -0.330 e. The Hall–Kier alpha value is -1.15. The van der Waals surface area contributed by atoms with Gasteiger partial charge in [0.15, 0.2) is 5.78 Å². The fourth-order valence-corrected chi connectivity index (χ4v) is 0.929. The Labute approximate surface area is 86.2 Å². The molecule has 0 unspecified atom stereocenters. The first-order valence-corrected chi connectivity index (χ1v) is 5.00. The quantitative estimate of drug-likeness (QED) is 0.383. The van der Waals surface area contributed by atoms with Crippen LogP contribution in [0.15, 0.2) is 36.5 Å². The molecule has 0 heterocycles. The first-order chi connectivity index (χ1) is 6.81. The van der Waals surface area contributed by atoms with Gasteiger partial charge >= 0.3 is 0 Å². The highest BCUT2D eigenvalue weighted by Gasteiger charge is 1.93. The van der Waals surface area contributed by atoms with Crippen molar-refractivity contribution < 1.29 is 4.79 Å². The molecule has 0 aromatic heterocycles. The minimum absolute atomic E-state index is 0.170. The molecule has 0 saturated heterocycles. The van der Waals surface area contributed by atoms with E-state index in [1.807, 2.05) is 31.2 Å². The second-order valence-corrected chi connectivity index (χ2v) is 2.98. The average molecular weight is 193 g/mol. The molecule has 14 heavy (non-hydrogen) atoms. The van der Waals surface area contributed by atoms with E-state index in [2.05, 4.69) is 0 Å². The van der Waals surface area contributed by atoms with Crippen LogP contribution in [0.2, 0.25) is 0 Å². The Balaban J connectivity index is 3.60. The first-order valence-electron chi connectivity index (χ1n) is 5.00. The third-order valence-corrected chi connectivity index (χ3v) is 1.69. The van der Waals surface area contributed by atoms with Gasteiger partial charge in [0, 0.05) is 6.42 Å². The molecule has 0 aliphatic heterocycles. The Kier molecular flexibility index (Phi) is 9.12. The van der Waals surface area contributed by atoms with Crippen molar-refractivity contribution in [2.24, 2.45) is 5.73 Å². The van der Waals surface area contributed by atoms with Gasteiger partial charge in [-0.15, -0.1) is 0 Å². The van der Waals surface area contributed by atoms with E-state index in [1.165, 1.54) is 0 Å². The summed E-state index contributed by atoms with van der Waals surface area (Å²) < 4.78 is 0. The van der Waals surface area contributed by atoms with Gasteiger partial charge in [-0.2, -0.15) is 0 Å². The molecular weight excluding hydrogens is 174 g/mol. The van der Waals surface area contributed by atoms with Crippen LogP contribution in [0.25, 0.3) is 0 Å². The highest BCUT2D eigenvalue weighted by molar-refractivity contribution is 5.89. The summed E-state index contributed by atoms with van der Waals surface area (Å²) in [5.41, 5.74) is 5.32. The SMILES string of the molecule is C/C=C/C=C/C=C/C(=O)CCCCN. The summed E-state index contributed by atoms with van der Waals surface area (Å²) in [6, 6.07) is 0. The van der Waals surface area contributed by atoms with Crippen molar-refractivity contribution in [1.82, 2.24) is 0 Å². The predicted octanol–water partition coefficient (Wildman–Crippen LogP) is 2.37. The molecule has 0 aliphatic rings. The number of nitrogens with two attached hydrogens (primary N) is 1. The van der Waals surface area contributed by atoms with Gasteiger partial charge in [0.2, 0.25) is 0 Å². The van der Waals surface area contributed by atoms with E-state index in [0.29, 0.717) is 13.0 Å². The monoisotopic (exact) mass is 193 g/mol. The fourth-order valence-electron chi connectivity index (χ4n) is 0.929. The summed E-state index contributed by atoms with van der Waals surface area (Å²) in [4.78, 5) is 11.2. The Bertz CT molecular complexity index is 226. The Morgan fingerprint density at radius 2 is 1.86 bits per heavy atom. The van der Waals surface area contributed by atoms with Crippen LogP contribution < -0.4 is 5.73 Å². The second kappa shape index (κ2) is 9.93. The van der Waals surface area contributed by atoms with E-state index < -0.39 is 0 Å². The van der Waals surface area contributed by atoms with Crippen LogP contribution >= 0.6 is 0 Å². The van der Waals surface area contributed by atoms with E-state index >= 15 is 0 Å². The smallest absolute Gasteiger partial charge is 0.155 e. The Morgan fingerprint density at radius 1 is 1.14 bits per heavy atom. The maximum atomic E-state index is 11.2. The summed E-state index contributed by atoms with van der Waals surface area (Å²) in [6.45, 7) is 2.62. The van der Waals surface area contributed by atoms with Crippen LogP contribution in [0.4, 0.5) is 0 Å². The van der Waals surface area contributed by atoms with Crippen molar-refractivity contribution in [3.05, 3.63) is 36.5 Å². The van der Waals surface area contributed by atoms with Crippen LogP contribution in [-0.2, 0) is 4.79 Å². The van der Waals surface area contributed by atoms with Crippen LogP contribution in [0.3, 0.4) is 0 Å². The molecule has 0 aromatic rings. The van der Waals surface area contributed by atoms with Crippen LogP contribution in [0, 0.1) is 0 Å². The van der Waals surface area contributed by atoms with Crippen molar-refractivity contribution >= 4 is 5.78 Å². The number of ketones is 1. The number of unbranched alkanes of at least 4 members (excludes halogenated alkanes) is 1. The lowest BCUT2D eigenvalue weighted by Crippen LogP contribution is -2.00. The summed E-state index contributed by atoms with van der Waals surface area (Å²) >= 11 is 0. The summed E-state index contributed by atoms with van der Waals surface area (Å²) in [6.07, 6.45) is 13.4. The van der Waals surface area contributed by atoms with Crippen molar-refractivity contribution in [2.45, 2.75) is 26.2 Å². The van der Waals surface area contributed by atoms with Gasteiger partial charge in [-0.3, -0.25) is 4.79 Å². The molecule has 2 N–H and O–H groups in total. The fraction of sp³-hybridized carbons (Fsp3) is 0.417. The van der Waals surface area contributed by atoms with Crippen LogP contribution in [0.1, 0.15) is 26.2 Å². The zero-order valence-corrected chi connectivity index (χ0v) is 8.78. The van der Waals surface area contributed by atoms with E-state index in [4.69, 9.17) is 5.73 Å². The zero-order chi connectivity index (χ0) is 10.6. The van der Waals surface area contributed by atoms with E-state index in [-0.39, 0.29) is 5.78 Å². The first kappa shape index (κ1) is 12.8. The number of rotatable bonds is 7. The van der Waals surface area contributed by atoms with Gasteiger partial charge in [-0.25, -0.2) is 0 Å². The number of hydrogen-bond acceptors (Lipinski definition) is 2. The van der Waals surface area contributed by atoms with Crippen LogP contribution in [-0.4, -0.2) is 12.3 Å². The average Bonchev–Trinajstić information content (AvgIpc) is 2.18. The van der Waals surface area contributed by atoms with Gasteiger partial charge in [-0.1, -0.05) is 30.4 Å². The van der Waals surface area contributed by atoms with Gasteiger partial charge in [-0.05, 0) is 32.4 Å². The van der Waals surface area contributed by atoms with Crippen molar-refractivity contribution in [1.29, 1.82) is 0 Å². The number of carbonyl (C=O) groups is 1. The number of carbonyl (C=O) groups excluding carboxylic acids is 1. The second-order valence-electron chi connectivity index (χ2n) is 2.98. The molecule has 2 nitrogen and oxygen atoms in total. The molecule has 78 valence electrons. The third kappa shape index (κ3) is 8.94. The highest BCUT2D eigenvalue weighted by atomic mass is 16.1. The molecular formula is C12H19NO. The predicted molar refractivity (Wildman–Crippen MR) is 61.0 cm³/mol. The van der Waals surface area contributed by atoms with Gasteiger partial charge in [0.25, 0.3) is 0 Å². The molecule has 2 heteroatoms. The molecule has 0 radical (unpaired) electrons. The number of hydrogen-bond donors (Lipinski definition) is 1. The third-order valence-electron chi connectivity index (χ3n) is 1.69. The molecule has 0 fully saturated rings. The lowest BCUT2D eigenvalue weighted by molar-refractivity contribution is -0.114. The molecule has 0 atom stereocenters. The normalized spacial score (nSPS) is 12.1. The molecule has 0 saturated carbocycles. The summed E-state index contributed by atoms with van der Waals surface area (Å²) in [5.74, 6) is 0.170. The lowest BCUT2D eigenvalue weighted by Gasteiger charge is -1.92. The molecule has 0 bridgehead atoms.